The summed E-state index contributed by atoms with van der Waals surface area (Å²) in [6.45, 7) is 5.18. The molecule has 0 unspecified atom stereocenters. The Hall–Kier alpha value is -0.930. The van der Waals surface area contributed by atoms with E-state index in [2.05, 4.69) is 13.8 Å². The van der Waals surface area contributed by atoms with E-state index >= 15 is 0 Å². The Morgan fingerprint density at radius 1 is 1.38 bits per heavy atom. The van der Waals surface area contributed by atoms with Gasteiger partial charge in [0.15, 0.2) is 11.5 Å². The molecular formula is C12H18ClNO2. The van der Waals surface area contributed by atoms with Crippen molar-refractivity contribution < 1.29 is 9.47 Å². The van der Waals surface area contributed by atoms with Crippen LogP contribution in [0.5, 0.6) is 11.5 Å². The minimum Gasteiger partial charge on any atom is -0.493 e. The molecular weight excluding hydrogens is 226 g/mol. The Morgan fingerprint density at radius 2 is 2.06 bits per heavy atom. The fraction of sp³-hybridized carbons (Fsp3) is 0.500. The maximum atomic E-state index is 5.95. The molecule has 2 N–H and O–H groups in total. The Kier molecular flexibility index (Phi) is 4.90. The molecule has 0 aromatic heterocycles. The summed E-state index contributed by atoms with van der Waals surface area (Å²) >= 11 is 5.95. The summed E-state index contributed by atoms with van der Waals surface area (Å²) in [6, 6.07) is 3.54. The first-order chi connectivity index (χ1) is 7.58. The molecule has 0 saturated heterocycles. The van der Waals surface area contributed by atoms with Crippen molar-refractivity contribution in [3.8, 4) is 11.5 Å². The molecule has 3 nitrogen and oxygen atoms in total. The highest BCUT2D eigenvalue weighted by Gasteiger charge is 2.12. The first kappa shape index (κ1) is 13.1. The van der Waals surface area contributed by atoms with Crippen molar-refractivity contribution in [3.63, 3.8) is 0 Å². The van der Waals surface area contributed by atoms with E-state index < -0.39 is 0 Å². The van der Waals surface area contributed by atoms with E-state index in [1.807, 2.05) is 0 Å². The van der Waals surface area contributed by atoms with Gasteiger partial charge in [-0.05, 0) is 12.0 Å². The van der Waals surface area contributed by atoms with Crippen LogP contribution in [0.1, 0.15) is 19.4 Å². The molecule has 0 radical (unpaired) electrons. The van der Waals surface area contributed by atoms with Crippen LogP contribution in [0.2, 0.25) is 5.02 Å². The Balaban J connectivity index is 3.02. The van der Waals surface area contributed by atoms with Crippen LogP contribution in [0.15, 0.2) is 12.1 Å². The molecule has 0 bridgehead atoms. The second kappa shape index (κ2) is 5.97. The molecule has 1 aromatic rings. The fourth-order valence-corrected chi connectivity index (χ4v) is 1.57. The van der Waals surface area contributed by atoms with Crippen molar-refractivity contribution in [3.05, 3.63) is 22.7 Å². The van der Waals surface area contributed by atoms with E-state index in [9.17, 15) is 0 Å². The Bertz CT molecular complexity index is 328. The molecule has 0 atom stereocenters. The van der Waals surface area contributed by atoms with Gasteiger partial charge in [-0.2, -0.15) is 0 Å². The average Bonchev–Trinajstić information content (AvgIpc) is 2.25. The van der Waals surface area contributed by atoms with Gasteiger partial charge in [-0.15, -0.1) is 0 Å². The third kappa shape index (κ3) is 3.29. The molecule has 16 heavy (non-hydrogen) atoms. The number of hydrogen-bond acceptors (Lipinski definition) is 3. The van der Waals surface area contributed by atoms with Crippen molar-refractivity contribution in [2.24, 2.45) is 11.7 Å². The molecule has 1 aromatic carbocycles. The average molecular weight is 244 g/mol. The molecule has 4 heteroatoms. The predicted octanol–water partition coefficient (Wildman–Crippen LogP) is 2.84. The molecule has 1 rings (SSSR count). The summed E-state index contributed by atoms with van der Waals surface area (Å²) < 4.78 is 10.9. The maximum absolute atomic E-state index is 5.95. The van der Waals surface area contributed by atoms with Gasteiger partial charge in [0.1, 0.15) is 0 Å². The summed E-state index contributed by atoms with van der Waals surface area (Å²) in [5.74, 6) is 1.78. The summed E-state index contributed by atoms with van der Waals surface area (Å²) in [5, 5.41) is 0.606. The molecule has 0 spiro atoms. The second-order valence-electron chi connectivity index (χ2n) is 4.01. The van der Waals surface area contributed by atoms with Gasteiger partial charge in [0.25, 0.3) is 0 Å². The highest BCUT2D eigenvalue weighted by atomic mass is 35.5. The van der Waals surface area contributed by atoms with Crippen LogP contribution in [0.25, 0.3) is 0 Å². The molecule has 0 fully saturated rings. The summed E-state index contributed by atoms with van der Waals surface area (Å²) in [7, 11) is 1.59. The highest BCUT2D eigenvalue weighted by Crippen LogP contribution is 2.34. The minimum atomic E-state index is 0.379. The van der Waals surface area contributed by atoms with Crippen molar-refractivity contribution in [2.45, 2.75) is 20.4 Å². The van der Waals surface area contributed by atoms with E-state index in [-0.39, 0.29) is 0 Å². The smallest absolute Gasteiger partial charge is 0.165 e. The molecule has 0 heterocycles. The van der Waals surface area contributed by atoms with Crippen molar-refractivity contribution in [2.75, 3.05) is 13.7 Å². The number of benzene rings is 1. The number of rotatable bonds is 5. The van der Waals surface area contributed by atoms with Crippen LogP contribution in [-0.2, 0) is 6.54 Å². The van der Waals surface area contributed by atoms with Crippen molar-refractivity contribution in [1.82, 2.24) is 0 Å². The number of methoxy groups -OCH3 is 1. The predicted molar refractivity (Wildman–Crippen MR) is 66.2 cm³/mol. The first-order valence-corrected chi connectivity index (χ1v) is 5.65. The third-order valence-corrected chi connectivity index (χ3v) is 2.32. The van der Waals surface area contributed by atoms with Gasteiger partial charge in [0, 0.05) is 23.2 Å². The quantitative estimate of drug-likeness (QED) is 0.865. The molecule has 0 amide bonds. The molecule has 90 valence electrons. The van der Waals surface area contributed by atoms with Gasteiger partial charge in [-0.3, -0.25) is 0 Å². The van der Waals surface area contributed by atoms with Gasteiger partial charge >= 0.3 is 0 Å². The number of hydrogen-bond donors (Lipinski definition) is 1. The number of ether oxygens (including phenoxy) is 2. The van der Waals surface area contributed by atoms with Crippen LogP contribution >= 0.6 is 11.6 Å². The van der Waals surface area contributed by atoms with Crippen LogP contribution in [-0.4, -0.2) is 13.7 Å². The van der Waals surface area contributed by atoms with E-state index in [1.165, 1.54) is 0 Å². The van der Waals surface area contributed by atoms with Gasteiger partial charge in [-0.1, -0.05) is 25.4 Å². The lowest BCUT2D eigenvalue weighted by molar-refractivity contribution is 0.254. The Labute approximate surface area is 101 Å². The zero-order valence-corrected chi connectivity index (χ0v) is 10.7. The van der Waals surface area contributed by atoms with Crippen molar-refractivity contribution >= 4 is 11.6 Å². The SMILES string of the molecule is COc1cc(Cl)cc(CN)c1OCC(C)C. The largest absolute Gasteiger partial charge is 0.493 e. The van der Waals surface area contributed by atoms with Crippen LogP contribution < -0.4 is 15.2 Å². The maximum Gasteiger partial charge on any atom is 0.165 e. The number of halogens is 1. The van der Waals surface area contributed by atoms with Gasteiger partial charge < -0.3 is 15.2 Å². The van der Waals surface area contributed by atoms with Crippen LogP contribution in [0.3, 0.4) is 0 Å². The summed E-state index contributed by atoms with van der Waals surface area (Å²) in [5.41, 5.74) is 6.52. The monoisotopic (exact) mass is 243 g/mol. The lowest BCUT2D eigenvalue weighted by Crippen LogP contribution is -2.09. The molecule has 0 aliphatic heterocycles. The van der Waals surface area contributed by atoms with Crippen LogP contribution in [0.4, 0.5) is 0 Å². The topological polar surface area (TPSA) is 44.5 Å². The van der Waals surface area contributed by atoms with E-state index in [0.717, 1.165) is 5.56 Å². The van der Waals surface area contributed by atoms with Gasteiger partial charge in [0.05, 0.1) is 13.7 Å². The lowest BCUT2D eigenvalue weighted by atomic mass is 10.2. The van der Waals surface area contributed by atoms with Gasteiger partial charge in [-0.25, -0.2) is 0 Å². The first-order valence-electron chi connectivity index (χ1n) is 5.27. The molecule has 0 aliphatic carbocycles. The normalized spacial score (nSPS) is 10.6. The highest BCUT2D eigenvalue weighted by molar-refractivity contribution is 6.30. The van der Waals surface area contributed by atoms with Crippen LogP contribution in [0, 0.1) is 5.92 Å². The lowest BCUT2D eigenvalue weighted by Gasteiger charge is -2.16. The van der Waals surface area contributed by atoms with E-state index in [1.54, 1.807) is 19.2 Å². The van der Waals surface area contributed by atoms with E-state index in [0.29, 0.717) is 35.6 Å². The number of nitrogens with two attached hydrogens (primary N) is 1. The molecule has 0 aliphatic rings. The van der Waals surface area contributed by atoms with Gasteiger partial charge in [0.2, 0.25) is 0 Å². The summed E-state index contributed by atoms with van der Waals surface area (Å²) in [6.07, 6.45) is 0. The van der Waals surface area contributed by atoms with Crippen molar-refractivity contribution in [1.29, 1.82) is 0 Å². The minimum absolute atomic E-state index is 0.379. The van der Waals surface area contributed by atoms with E-state index in [4.69, 9.17) is 26.8 Å². The zero-order valence-electron chi connectivity index (χ0n) is 9.92. The Morgan fingerprint density at radius 3 is 2.56 bits per heavy atom. The summed E-state index contributed by atoms with van der Waals surface area (Å²) in [4.78, 5) is 0. The standard InChI is InChI=1S/C12H18ClNO2/c1-8(2)7-16-12-9(6-14)4-10(13)5-11(12)15-3/h4-5,8H,6-7,14H2,1-3H3. The zero-order chi connectivity index (χ0) is 12.1. The molecule has 0 saturated carbocycles. The fourth-order valence-electron chi connectivity index (χ4n) is 1.34. The third-order valence-electron chi connectivity index (χ3n) is 2.10. The second-order valence-corrected chi connectivity index (χ2v) is 4.44.